The summed E-state index contributed by atoms with van der Waals surface area (Å²) in [7, 11) is 0. The predicted molar refractivity (Wildman–Crippen MR) is 87.3 cm³/mol. The van der Waals surface area contributed by atoms with Gasteiger partial charge in [0.2, 0.25) is 0 Å². The largest absolute Gasteiger partial charge is 0.513 e. The standard InChI is InChI=1S/C19H22FNO/c1-12(13(2)22)14-3-5-15(6-4-14)17-9-10-21-19-8-7-16(20)11-18(17)19/h7-12,14-15,22H,2-6H2,1H3/t12-,14?,15?/m0/s1. The van der Waals surface area contributed by atoms with Crippen LogP contribution in [0.15, 0.2) is 42.8 Å². The van der Waals surface area contributed by atoms with Crippen molar-refractivity contribution in [1.29, 1.82) is 0 Å². The third-order valence-corrected chi connectivity index (χ3v) is 5.18. The molecule has 0 spiro atoms. The van der Waals surface area contributed by atoms with Crippen LogP contribution in [0.25, 0.3) is 10.9 Å². The van der Waals surface area contributed by atoms with Gasteiger partial charge in [-0.2, -0.15) is 0 Å². The lowest BCUT2D eigenvalue weighted by Gasteiger charge is -2.32. The normalized spacial score (nSPS) is 23.4. The summed E-state index contributed by atoms with van der Waals surface area (Å²) in [6, 6.07) is 6.84. The SMILES string of the molecule is C=C(O)[C@H](C)C1CCC(c2ccnc3ccc(F)cc23)CC1. The first-order valence-electron chi connectivity index (χ1n) is 7.98. The first kappa shape index (κ1) is 15.0. The van der Waals surface area contributed by atoms with E-state index in [4.69, 9.17) is 0 Å². The molecule has 0 saturated heterocycles. The van der Waals surface area contributed by atoms with Crippen LogP contribution in [0.4, 0.5) is 4.39 Å². The Morgan fingerprint density at radius 1 is 1.27 bits per heavy atom. The Labute approximate surface area is 130 Å². The van der Waals surface area contributed by atoms with E-state index in [0.29, 0.717) is 17.6 Å². The van der Waals surface area contributed by atoms with E-state index in [1.54, 1.807) is 12.1 Å². The quantitative estimate of drug-likeness (QED) is 0.774. The third-order valence-electron chi connectivity index (χ3n) is 5.18. The molecule has 3 rings (SSSR count). The van der Waals surface area contributed by atoms with Crippen molar-refractivity contribution >= 4 is 10.9 Å². The molecule has 1 N–H and O–H groups in total. The smallest absolute Gasteiger partial charge is 0.123 e. The van der Waals surface area contributed by atoms with Crippen molar-refractivity contribution in [1.82, 2.24) is 4.98 Å². The second-order valence-electron chi connectivity index (χ2n) is 6.45. The van der Waals surface area contributed by atoms with Crippen molar-refractivity contribution in [2.24, 2.45) is 11.8 Å². The zero-order chi connectivity index (χ0) is 15.7. The van der Waals surface area contributed by atoms with Crippen LogP contribution in [0, 0.1) is 17.7 Å². The number of pyridine rings is 1. The molecule has 1 atom stereocenters. The summed E-state index contributed by atoms with van der Waals surface area (Å²) in [6.07, 6.45) is 6.10. The predicted octanol–water partition coefficient (Wildman–Crippen LogP) is 5.36. The summed E-state index contributed by atoms with van der Waals surface area (Å²) in [5, 5.41) is 10.5. The van der Waals surface area contributed by atoms with E-state index in [9.17, 15) is 9.50 Å². The molecule has 1 saturated carbocycles. The molecule has 2 nitrogen and oxygen atoms in total. The number of aromatic nitrogens is 1. The average molecular weight is 299 g/mol. The Morgan fingerprint density at radius 2 is 2.00 bits per heavy atom. The topological polar surface area (TPSA) is 33.1 Å². The van der Waals surface area contributed by atoms with Gasteiger partial charge < -0.3 is 5.11 Å². The van der Waals surface area contributed by atoms with Crippen molar-refractivity contribution in [3.63, 3.8) is 0 Å². The van der Waals surface area contributed by atoms with Crippen molar-refractivity contribution in [2.75, 3.05) is 0 Å². The van der Waals surface area contributed by atoms with Crippen LogP contribution in [-0.2, 0) is 0 Å². The number of hydrogen-bond donors (Lipinski definition) is 1. The fourth-order valence-corrected chi connectivity index (χ4v) is 3.70. The van der Waals surface area contributed by atoms with Gasteiger partial charge in [0.15, 0.2) is 0 Å². The molecule has 0 radical (unpaired) electrons. The minimum Gasteiger partial charge on any atom is -0.513 e. The number of halogens is 1. The number of allylic oxidation sites excluding steroid dienone is 1. The maximum absolute atomic E-state index is 13.6. The number of benzene rings is 1. The second kappa shape index (κ2) is 6.07. The Balaban J connectivity index is 1.82. The van der Waals surface area contributed by atoms with Crippen molar-refractivity contribution < 1.29 is 9.50 Å². The summed E-state index contributed by atoms with van der Waals surface area (Å²) in [4.78, 5) is 4.33. The van der Waals surface area contributed by atoms with Gasteiger partial charge in [0.25, 0.3) is 0 Å². The molecule has 116 valence electrons. The van der Waals surface area contributed by atoms with Gasteiger partial charge in [-0.05, 0) is 67.3 Å². The molecule has 0 unspecified atom stereocenters. The van der Waals surface area contributed by atoms with Gasteiger partial charge in [-0.3, -0.25) is 4.98 Å². The molecule has 1 heterocycles. The number of hydrogen-bond acceptors (Lipinski definition) is 2. The summed E-state index contributed by atoms with van der Waals surface area (Å²) >= 11 is 0. The van der Waals surface area contributed by atoms with E-state index in [2.05, 4.69) is 11.6 Å². The highest BCUT2D eigenvalue weighted by Crippen LogP contribution is 2.41. The van der Waals surface area contributed by atoms with Gasteiger partial charge in [0.05, 0.1) is 11.3 Å². The van der Waals surface area contributed by atoms with Gasteiger partial charge in [0.1, 0.15) is 5.82 Å². The molecule has 22 heavy (non-hydrogen) atoms. The number of rotatable bonds is 3. The number of fused-ring (bicyclic) bond motifs is 1. The highest BCUT2D eigenvalue weighted by Gasteiger charge is 2.28. The average Bonchev–Trinajstić information content (AvgIpc) is 2.53. The van der Waals surface area contributed by atoms with Crippen LogP contribution < -0.4 is 0 Å². The fraction of sp³-hybridized carbons (Fsp3) is 0.421. The molecule has 2 aromatic rings. The van der Waals surface area contributed by atoms with E-state index >= 15 is 0 Å². The minimum absolute atomic E-state index is 0.160. The maximum Gasteiger partial charge on any atom is 0.123 e. The number of aliphatic hydroxyl groups is 1. The highest BCUT2D eigenvalue weighted by molar-refractivity contribution is 5.82. The van der Waals surface area contributed by atoms with Gasteiger partial charge in [0, 0.05) is 17.5 Å². The lowest BCUT2D eigenvalue weighted by Crippen LogP contribution is -2.20. The van der Waals surface area contributed by atoms with Gasteiger partial charge in [-0.1, -0.05) is 13.5 Å². The fourth-order valence-electron chi connectivity index (χ4n) is 3.70. The lowest BCUT2D eigenvalue weighted by molar-refractivity contribution is 0.217. The second-order valence-corrected chi connectivity index (χ2v) is 6.45. The third kappa shape index (κ3) is 2.85. The van der Waals surface area contributed by atoms with Gasteiger partial charge >= 0.3 is 0 Å². The highest BCUT2D eigenvalue weighted by atomic mass is 19.1. The van der Waals surface area contributed by atoms with Gasteiger partial charge in [-0.15, -0.1) is 0 Å². The summed E-state index contributed by atoms with van der Waals surface area (Å²) in [5.41, 5.74) is 2.07. The van der Waals surface area contributed by atoms with Crippen LogP contribution in [0.5, 0.6) is 0 Å². The molecule has 1 aromatic carbocycles. The zero-order valence-corrected chi connectivity index (χ0v) is 12.9. The molecule has 1 aliphatic carbocycles. The van der Waals surface area contributed by atoms with E-state index in [1.807, 2.05) is 19.2 Å². The van der Waals surface area contributed by atoms with E-state index in [0.717, 1.165) is 36.6 Å². The summed E-state index contributed by atoms with van der Waals surface area (Å²) < 4.78 is 13.6. The minimum atomic E-state index is -0.208. The molecule has 1 fully saturated rings. The number of aliphatic hydroxyl groups excluding tert-OH is 1. The molecular formula is C19H22FNO. The molecule has 0 amide bonds. The zero-order valence-electron chi connectivity index (χ0n) is 12.9. The summed E-state index contributed by atoms with van der Waals surface area (Å²) in [6.45, 7) is 5.71. The van der Waals surface area contributed by atoms with Gasteiger partial charge in [-0.25, -0.2) is 4.39 Å². The Kier molecular flexibility index (Phi) is 4.14. The molecule has 3 heteroatoms. The summed E-state index contributed by atoms with van der Waals surface area (Å²) in [5.74, 6) is 1.19. The molecule has 0 aliphatic heterocycles. The van der Waals surface area contributed by atoms with E-state index < -0.39 is 0 Å². The van der Waals surface area contributed by atoms with Crippen LogP contribution in [0.2, 0.25) is 0 Å². The maximum atomic E-state index is 13.6. The van der Waals surface area contributed by atoms with Crippen molar-refractivity contribution in [3.8, 4) is 0 Å². The van der Waals surface area contributed by atoms with Crippen molar-refractivity contribution in [3.05, 3.63) is 54.2 Å². The molecule has 0 bridgehead atoms. The molecular weight excluding hydrogens is 277 g/mol. The number of nitrogens with zero attached hydrogens (tertiary/aromatic N) is 1. The van der Waals surface area contributed by atoms with Crippen LogP contribution in [0.3, 0.4) is 0 Å². The molecule has 1 aromatic heterocycles. The van der Waals surface area contributed by atoms with E-state index in [-0.39, 0.29) is 11.7 Å². The Morgan fingerprint density at radius 3 is 2.68 bits per heavy atom. The van der Waals surface area contributed by atoms with Crippen LogP contribution >= 0.6 is 0 Å². The first-order valence-corrected chi connectivity index (χ1v) is 7.98. The first-order chi connectivity index (χ1) is 10.6. The Hall–Kier alpha value is -1.90. The van der Waals surface area contributed by atoms with Crippen LogP contribution in [-0.4, -0.2) is 10.1 Å². The van der Waals surface area contributed by atoms with Crippen molar-refractivity contribution in [2.45, 2.75) is 38.5 Å². The lowest BCUT2D eigenvalue weighted by atomic mass is 9.73. The Bertz CT molecular complexity index is 689. The monoisotopic (exact) mass is 299 g/mol. The molecule has 1 aliphatic rings. The van der Waals surface area contributed by atoms with E-state index in [1.165, 1.54) is 11.6 Å². The van der Waals surface area contributed by atoms with Crippen LogP contribution in [0.1, 0.15) is 44.1 Å².